The molecule has 148 valence electrons. The monoisotopic (exact) mass is 378 g/mol. The molecule has 0 amide bonds. The largest absolute Gasteiger partial charge is 0.423 e. The third kappa shape index (κ3) is 4.51. The summed E-state index contributed by atoms with van der Waals surface area (Å²) in [4.78, 5) is 14.5. The van der Waals surface area contributed by atoms with E-state index in [4.69, 9.17) is 4.42 Å². The van der Waals surface area contributed by atoms with E-state index in [9.17, 15) is 4.79 Å². The summed E-state index contributed by atoms with van der Waals surface area (Å²) in [6.45, 7) is 12.0. The van der Waals surface area contributed by atoms with Crippen molar-refractivity contribution in [2.45, 2.75) is 40.3 Å². The van der Waals surface area contributed by atoms with Crippen LogP contribution >= 0.6 is 0 Å². The number of nitrogens with zero attached hydrogens (tertiary/aromatic N) is 1. The first-order chi connectivity index (χ1) is 13.5. The first kappa shape index (κ1) is 20.3. The van der Waals surface area contributed by atoms with Crippen molar-refractivity contribution < 1.29 is 4.42 Å². The van der Waals surface area contributed by atoms with Gasteiger partial charge in [0.2, 0.25) is 0 Å². The molecule has 1 aromatic heterocycles. The van der Waals surface area contributed by atoms with Crippen LogP contribution in [0.5, 0.6) is 0 Å². The Morgan fingerprint density at radius 2 is 1.68 bits per heavy atom. The van der Waals surface area contributed by atoms with Crippen molar-refractivity contribution in [3.05, 3.63) is 81.2 Å². The average molecular weight is 379 g/mol. The molecule has 0 fully saturated rings. The predicted octanol–water partition coefficient (Wildman–Crippen LogP) is 4.58. The zero-order valence-electron chi connectivity index (χ0n) is 17.3. The highest BCUT2D eigenvalue weighted by Gasteiger charge is 2.17. The molecule has 0 spiro atoms. The Morgan fingerprint density at radius 1 is 1.00 bits per heavy atom. The van der Waals surface area contributed by atoms with Crippen molar-refractivity contribution in [1.29, 1.82) is 0 Å². The summed E-state index contributed by atoms with van der Waals surface area (Å²) < 4.78 is 5.42. The number of hydrogen-bond donors (Lipinski definition) is 1. The van der Waals surface area contributed by atoms with E-state index in [0.29, 0.717) is 18.2 Å². The molecule has 2 aromatic carbocycles. The highest BCUT2D eigenvalue weighted by molar-refractivity contribution is 5.81. The number of likely N-dealkylation sites (N-methyl/N-ethyl adjacent to an activating group) is 1. The van der Waals surface area contributed by atoms with Gasteiger partial charge in [-0.05, 0) is 61.3 Å². The van der Waals surface area contributed by atoms with E-state index in [1.54, 1.807) is 6.07 Å². The summed E-state index contributed by atoms with van der Waals surface area (Å²) >= 11 is 0. The molecule has 28 heavy (non-hydrogen) atoms. The minimum atomic E-state index is -0.295. The summed E-state index contributed by atoms with van der Waals surface area (Å²) in [5.74, 6) is 0. The summed E-state index contributed by atoms with van der Waals surface area (Å²) in [5.41, 5.74) is 4.99. The van der Waals surface area contributed by atoms with Crippen LogP contribution in [0.2, 0.25) is 0 Å². The van der Waals surface area contributed by atoms with E-state index < -0.39 is 0 Å². The topological polar surface area (TPSA) is 45.5 Å². The third-order valence-corrected chi connectivity index (χ3v) is 5.54. The molecule has 0 saturated carbocycles. The first-order valence-electron chi connectivity index (χ1n) is 10.1. The Bertz CT molecular complexity index is 975. The van der Waals surface area contributed by atoms with Gasteiger partial charge in [-0.1, -0.05) is 44.2 Å². The van der Waals surface area contributed by atoms with Crippen LogP contribution in [-0.4, -0.2) is 24.5 Å². The fraction of sp³-hybridized carbons (Fsp3) is 0.375. The zero-order valence-corrected chi connectivity index (χ0v) is 17.3. The van der Waals surface area contributed by atoms with Gasteiger partial charge in [-0.15, -0.1) is 0 Å². The second kappa shape index (κ2) is 9.18. The van der Waals surface area contributed by atoms with Crippen LogP contribution in [-0.2, 0) is 6.54 Å². The van der Waals surface area contributed by atoms with E-state index in [1.165, 1.54) is 11.1 Å². The smallest absolute Gasteiger partial charge is 0.336 e. The van der Waals surface area contributed by atoms with E-state index in [0.717, 1.165) is 36.1 Å². The van der Waals surface area contributed by atoms with Crippen LogP contribution in [0.4, 0.5) is 0 Å². The van der Waals surface area contributed by atoms with Gasteiger partial charge in [-0.3, -0.25) is 4.90 Å². The summed E-state index contributed by atoms with van der Waals surface area (Å²) in [6, 6.07) is 16.6. The van der Waals surface area contributed by atoms with E-state index in [2.05, 4.69) is 67.4 Å². The molecule has 1 N–H and O–H groups in total. The van der Waals surface area contributed by atoms with Gasteiger partial charge in [0.1, 0.15) is 5.58 Å². The Kier molecular flexibility index (Phi) is 6.65. The van der Waals surface area contributed by atoms with E-state index in [1.807, 2.05) is 13.0 Å². The molecule has 0 saturated heterocycles. The number of nitrogens with one attached hydrogen (secondary N) is 1. The minimum absolute atomic E-state index is 0.295. The fourth-order valence-corrected chi connectivity index (χ4v) is 3.77. The molecular formula is C24H30N2O2. The summed E-state index contributed by atoms with van der Waals surface area (Å²) in [6.07, 6.45) is 0. The normalized spacial score (nSPS) is 12.6. The lowest BCUT2D eigenvalue weighted by atomic mass is 10.0. The second-order valence-electron chi connectivity index (χ2n) is 7.30. The standard InChI is InChI=1S/C24H30N2O2/c1-5-26(6-2)22(19-10-8-7-9-11-19)16-25-15-20-14-24(27)28-23-13-18(4)17(3)12-21(20)23/h7-14,22,25H,5-6,15-16H2,1-4H3/t22-/m0/s1. The molecule has 3 rings (SSSR count). The second-order valence-corrected chi connectivity index (χ2v) is 7.30. The average Bonchev–Trinajstić information content (AvgIpc) is 2.69. The third-order valence-electron chi connectivity index (χ3n) is 5.54. The van der Waals surface area contributed by atoms with Crippen LogP contribution in [0.3, 0.4) is 0 Å². The Hall–Kier alpha value is -2.43. The molecule has 3 aromatic rings. The Labute approximate surface area is 167 Å². The van der Waals surface area contributed by atoms with Gasteiger partial charge in [0, 0.05) is 30.6 Å². The van der Waals surface area contributed by atoms with Gasteiger partial charge in [-0.25, -0.2) is 4.79 Å². The van der Waals surface area contributed by atoms with Gasteiger partial charge >= 0.3 is 5.63 Å². The van der Waals surface area contributed by atoms with Crippen molar-refractivity contribution >= 4 is 11.0 Å². The number of hydrogen-bond acceptors (Lipinski definition) is 4. The van der Waals surface area contributed by atoms with Gasteiger partial charge in [0.25, 0.3) is 0 Å². The molecule has 0 aliphatic carbocycles. The molecule has 0 aliphatic heterocycles. The molecule has 0 radical (unpaired) electrons. The number of benzene rings is 2. The van der Waals surface area contributed by atoms with Crippen molar-refractivity contribution in [3.8, 4) is 0 Å². The molecule has 4 nitrogen and oxygen atoms in total. The fourth-order valence-electron chi connectivity index (χ4n) is 3.77. The predicted molar refractivity (Wildman–Crippen MR) is 116 cm³/mol. The Morgan fingerprint density at radius 3 is 2.36 bits per heavy atom. The highest BCUT2D eigenvalue weighted by Crippen LogP contribution is 2.23. The molecule has 0 unspecified atom stereocenters. The molecule has 0 bridgehead atoms. The van der Waals surface area contributed by atoms with Crippen molar-refractivity contribution in [2.24, 2.45) is 0 Å². The van der Waals surface area contributed by atoms with Gasteiger partial charge in [0.05, 0.1) is 0 Å². The maximum Gasteiger partial charge on any atom is 0.336 e. The maximum absolute atomic E-state index is 12.0. The SMILES string of the molecule is CCN(CC)[C@@H](CNCc1cc(=O)oc2cc(C)c(C)cc12)c1ccccc1. The summed E-state index contributed by atoms with van der Waals surface area (Å²) in [5, 5.41) is 4.59. The van der Waals surface area contributed by atoms with Gasteiger partial charge < -0.3 is 9.73 Å². The minimum Gasteiger partial charge on any atom is -0.423 e. The molecule has 1 atom stereocenters. The Balaban J connectivity index is 1.82. The van der Waals surface area contributed by atoms with Crippen LogP contribution in [0.25, 0.3) is 11.0 Å². The lowest BCUT2D eigenvalue weighted by molar-refractivity contribution is 0.213. The van der Waals surface area contributed by atoms with Crippen LogP contribution in [0, 0.1) is 13.8 Å². The summed E-state index contributed by atoms with van der Waals surface area (Å²) in [7, 11) is 0. The number of rotatable bonds is 8. The molecule has 4 heteroatoms. The van der Waals surface area contributed by atoms with Crippen LogP contribution in [0.1, 0.15) is 42.1 Å². The van der Waals surface area contributed by atoms with Gasteiger partial charge in [-0.2, -0.15) is 0 Å². The van der Waals surface area contributed by atoms with E-state index >= 15 is 0 Å². The maximum atomic E-state index is 12.0. The molecule has 1 heterocycles. The van der Waals surface area contributed by atoms with E-state index in [-0.39, 0.29) is 5.63 Å². The zero-order chi connectivity index (χ0) is 20.1. The quantitative estimate of drug-likeness (QED) is 0.583. The highest BCUT2D eigenvalue weighted by atomic mass is 16.4. The molecular weight excluding hydrogens is 348 g/mol. The lowest BCUT2D eigenvalue weighted by Gasteiger charge is -2.30. The van der Waals surface area contributed by atoms with Gasteiger partial charge in [0.15, 0.2) is 0 Å². The van der Waals surface area contributed by atoms with Crippen molar-refractivity contribution in [2.75, 3.05) is 19.6 Å². The first-order valence-corrected chi connectivity index (χ1v) is 10.1. The number of fused-ring (bicyclic) bond motifs is 1. The lowest BCUT2D eigenvalue weighted by Crippen LogP contribution is -2.35. The van der Waals surface area contributed by atoms with Crippen molar-refractivity contribution in [3.63, 3.8) is 0 Å². The molecule has 0 aliphatic rings. The van der Waals surface area contributed by atoms with Crippen LogP contribution < -0.4 is 10.9 Å². The van der Waals surface area contributed by atoms with Crippen molar-refractivity contribution in [1.82, 2.24) is 10.2 Å². The van der Waals surface area contributed by atoms with Crippen LogP contribution in [0.15, 0.2) is 57.7 Å². The number of aryl methyl sites for hydroxylation is 2.